The predicted octanol–water partition coefficient (Wildman–Crippen LogP) is 3.81. The summed E-state index contributed by atoms with van der Waals surface area (Å²) in [6, 6.07) is 19.8. The summed E-state index contributed by atoms with van der Waals surface area (Å²) in [5.74, 6) is 1.01. The van der Waals surface area contributed by atoms with Crippen LogP contribution in [0.5, 0.6) is 0 Å². The number of benzene rings is 2. The summed E-state index contributed by atoms with van der Waals surface area (Å²) < 4.78 is 5.15. The van der Waals surface area contributed by atoms with Gasteiger partial charge in [-0.05, 0) is 30.0 Å². The molecule has 1 aliphatic heterocycles. The Bertz CT molecular complexity index is 996. The summed E-state index contributed by atoms with van der Waals surface area (Å²) in [4.78, 5) is 28.3. The Labute approximate surface area is 169 Å². The van der Waals surface area contributed by atoms with Crippen LogP contribution in [0.15, 0.2) is 65.2 Å². The van der Waals surface area contributed by atoms with E-state index in [9.17, 15) is 9.59 Å². The van der Waals surface area contributed by atoms with Crippen LogP contribution >= 0.6 is 0 Å². The molecule has 1 aromatic heterocycles. The Balaban J connectivity index is 1.50. The van der Waals surface area contributed by atoms with Crippen molar-refractivity contribution in [1.82, 2.24) is 10.1 Å². The Morgan fingerprint density at radius 3 is 2.45 bits per heavy atom. The zero-order chi connectivity index (χ0) is 20.2. The van der Waals surface area contributed by atoms with Gasteiger partial charge in [0.1, 0.15) is 12.4 Å². The smallest absolute Gasteiger partial charge is 0.234 e. The molecule has 3 aromatic rings. The van der Waals surface area contributed by atoms with Crippen molar-refractivity contribution in [3.05, 3.63) is 72.0 Å². The number of carbonyl (C=O) groups is 2. The van der Waals surface area contributed by atoms with Crippen LogP contribution < -0.4 is 4.90 Å². The number of likely N-dealkylation sites (tertiary alicyclic amines) is 1. The number of anilines is 1. The van der Waals surface area contributed by atoms with Gasteiger partial charge >= 0.3 is 0 Å². The normalized spacial score (nSPS) is 13.7. The standard InChI is InChI=1S/C23H23N3O3/c1-17-14-21(24-29-17)26(16-25-13-5-8-22(25)27)23(28)15-18-9-11-20(12-10-18)19-6-3-2-4-7-19/h2-4,6-7,9-12,14H,5,8,13,15-16H2,1H3. The number of carbonyl (C=O) groups excluding carboxylic acids is 2. The molecule has 1 fully saturated rings. The molecule has 0 bridgehead atoms. The van der Waals surface area contributed by atoms with Crippen molar-refractivity contribution in [2.45, 2.75) is 26.2 Å². The minimum atomic E-state index is -0.120. The first-order valence-electron chi connectivity index (χ1n) is 9.76. The molecule has 0 saturated carbocycles. The third-order valence-corrected chi connectivity index (χ3v) is 5.09. The molecule has 29 heavy (non-hydrogen) atoms. The molecule has 6 heteroatoms. The van der Waals surface area contributed by atoms with Crippen LogP contribution in [0, 0.1) is 6.92 Å². The number of nitrogens with zero attached hydrogens (tertiary/aromatic N) is 3. The highest BCUT2D eigenvalue weighted by Crippen LogP contribution is 2.21. The van der Waals surface area contributed by atoms with Crippen molar-refractivity contribution in [2.75, 3.05) is 18.1 Å². The topological polar surface area (TPSA) is 66.7 Å². The van der Waals surface area contributed by atoms with Gasteiger partial charge in [-0.3, -0.25) is 14.5 Å². The first-order chi connectivity index (χ1) is 14.1. The van der Waals surface area contributed by atoms with E-state index in [-0.39, 0.29) is 24.9 Å². The maximum absolute atomic E-state index is 13.1. The summed E-state index contributed by atoms with van der Waals surface area (Å²) in [5.41, 5.74) is 3.15. The lowest BCUT2D eigenvalue weighted by Crippen LogP contribution is -2.43. The molecular weight excluding hydrogens is 366 g/mol. The highest BCUT2D eigenvalue weighted by atomic mass is 16.5. The second-order valence-corrected chi connectivity index (χ2v) is 7.26. The lowest BCUT2D eigenvalue weighted by molar-refractivity contribution is -0.128. The molecule has 0 unspecified atom stereocenters. The summed E-state index contributed by atoms with van der Waals surface area (Å²) in [5, 5.41) is 3.99. The molecule has 2 aromatic carbocycles. The molecular formula is C23H23N3O3. The quantitative estimate of drug-likeness (QED) is 0.643. The second-order valence-electron chi connectivity index (χ2n) is 7.26. The zero-order valence-corrected chi connectivity index (χ0v) is 16.4. The summed E-state index contributed by atoms with van der Waals surface area (Å²) in [7, 11) is 0. The van der Waals surface area contributed by atoms with Gasteiger partial charge in [0.25, 0.3) is 0 Å². The third kappa shape index (κ3) is 4.37. The zero-order valence-electron chi connectivity index (χ0n) is 16.4. The van der Waals surface area contributed by atoms with Gasteiger partial charge in [-0.25, -0.2) is 0 Å². The Morgan fingerprint density at radius 1 is 1.10 bits per heavy atom. The van der Waals surface area contributed by atoms with Gasteiger partial charge in [-0.2, -0.15) is 0 Å². The van der Waals surface area contributed by atoms with E-state index in [1.54, 1.807) is 17.9 Å². The SMILES string of the molecule is Cc1cc(N(CN2CCCC2=O)C(=O)Cc2ccc(-c3ccccc3)cc2)no1. The number of amides is 2. The lowest BCUT2D eigenvalue weighted by Gasteiger charge is -2.26. The van der Waals surface area contributed by atoms with E-state index in [0.717, 1.165) is 23.1 Å². The van der Waals surface area contributed by atoms with Gasteiger partial charge in [0.05, 0.1) is 6.42 Å². The van der Waals surface area contributed by atoms with Gasteiger partial charge in [0.15, 0.2) is 5.82 Å². The first-order valence-corrected chi connectivity index (χ1v) is 9.76. The fourth-order valence-corrected chi connectivity index (χ4v) is 3.50. The van der Waals surface area contributed by atoms with E-state index in [1.807, 2.05) is 42.5 Å². The van der Waals surface area contributed by atoms with E-state index < -0.39 is 0 Å². The van der Waals surface area contributed by atoms with Crippen LogP contribution in [-0.4, -0.2) is 35.1 Å². The van der Waals surface area contributed by atoms with Gasteiger partial charge in [0, 0.05) is 19.0 Å². The van der Waals surface area contributed by atoms with Crippen molar-refractivity contribution >= 4 is 17.6 Å². The predicted molar refractivity (Wildman–Crippen MR) is 110 cm³/mol. The van der Waals surface area contributed by atoms with E-state index in [4.69, 9.17) is 4.52 Å². The van der Waals surface area contributed by atoms with Crippen molar-refractivity contribution in [3.63, 3.8) is 0 Å². The Kier molecular flexibility index (Phi) is 5.42. The molecule has 0 N–H and O–H groups in total. The highest BCUT2D eigenvalue weighted by molar-refractivity contribution is 5.94. The van der Waals surface area contributed by atoms with Crippen molar-refractivity contribution in [3.8, 4) is 11.1 Å². The average Bonchev–Trinajstić information content (AvgIpc) is 3.35. The summed E-state index contributed by atoms with van der Waals surface area (Å²) in [6.07, 6.45) is 1.57. The van der Waals surface area contributed by atoms with Gasteiger partial charge in [-0.1, -0.05) is 59.8 Å². The average molecular weight is 389 g/mol. The van der Waals surface area contributed by atoms with Gasteiger partial charge in [0.2, 0.25) is 11.8 Å². The summed E-state index contributed by atoms with van der Waals surface area (Å²) in [6.45, 7) is 2.64. The van der Waals surface area contributed by atoms with Crippen molar-refractivity contribution in [1.29, 1.82) is 0 Å². The van der Waals surface area contributed by atoms with Gasteiger partial charge < -0.3 is 9.42 Å². The number of aromatic nitrogens is 1. The van der Waals surface area contributed by atoms with E-state index in [0.29, 0.717) is 24.5 Å². The molecule has 1 aliphatic rings. The van der Waals surface area contributed by atoms with Crippen LogP contribution in [0.4, 0.5) is 5.82 Å². The number of aryl methyl sites for hydroxylation is 1. The van der Waals surface area contributed by atoms with Crippen LogP contribution in [0.25, 0.3) is 11.1 Å². The third-order valence-electron chi connectivity index (χ3n) is 5.09. The van der Waals surface area contributed by atoms with E-state index in [2.05, 4.69) is 17.3 Å². The summed E-state index contributed by atoms with van der Waals surface area (Å²) >= 11 is 0. The monoisotopic (exact) mass is 389 g/mol. The largest absolute Gasteiger partial charge is 0.360 e. The minimum absolute atomic E-state index is 0.0650. The van der Waals surface area contributed by atoms with Crippen LogP contribution in [0.3, 0.4) is 0 Å². The molecule has 0 radical (unpaired) electrons. The number of hydrogen-bond acceptors (Lipinski definition) is 4. The van der Waals surface area contributed by atoms with Crippen molar-refractivity contribution < 1.29 is 14.1 Å². The van der Waals surface area contributed by atoms with Crippen molar-refractivity contribution in [2.24, 2.45) is 0 Å². The number of rotatable bonds is 6. The maximum Gasteiger partial charge on any atom is 0.234 e. The molecule has 2 amide bonds. The lowest BCUT2D eigenvalue weighted by atomic mass is 10.0. The minimum Gasteiger partial charge on any atom is -0.360 e. The molecule has 148 valence electrons. The molecule has 4 rings (SSSR count). The van der Waals surface area contributed by atoms with E-state index >= 15 is 0 Å². The fourth-order valence-electron chi connectivity index (χ4n) is 3.50. The molecule has 1 saturated heterocycles. The maximum atomic E-state index is 13.1. The van der Waals surface area contributed by atoms with Gasteiger partial charge in [-0.15, -0.1) is 0 Å². The molecule has 0 aliphatic carbocycles. The van der Waals surface area contributed by atoms with Crippen LogP contribution in [0.1, 0.15) is 24.2 Å². The molecule has 0 atom stereocenters. The number of hydrogen-bond donors (Lipinski definition) is 0. The molecule has 6 nitrogen and oxygen atoms in total. The Hall–Kier alpha value is -3.41. The van der Waals surface area contributed by atoms with E-state index in [1.165, 1.54) is 4.90 Å². The Morgan fingerprint density at radius 2 is 1.83 bits per heavy atom. The second kappa shape index (κ2) is 8.31. The first kappa shape index (κ1) is 18.9. The van der Waals surface area contributed by atoms with Crippen LogP contribution in [-0.2, 0) is 16.0 Å². The fraction of sp³-hybridized carbons (Fsp3) is 0.261. The molecule has 2 heterocycles. The highest BCUT2D eigenvalue weighted by Gasteiger charge is 2.27. The van der Waals surface area contributed by atoms with Crippen LogP contribution in [0.2, 0.25) is 0 Å². The molecule has 0 spiro atoms.